The molecule has 0 aromatic heterocycles. The Morgan fingerprint density at radius 3 is 2.41 bits per heavy atom. The molecule has 0 atom stereocenters. The highest BCUT2D eigenvalue weighted by molar-refractivity contribution is 9.10. The van der Waals surface area contributed by atoms with Gasteiger partial charge in [0.25, 0.3) is 0 Å². The molecule has 8 heteroatoms. The molecule has 0 aliphatic rings. The van der Waals surface area contributed by atoms with Crippen molar-refractivity contribution in [1.82, 2.24) is 16.0 Å². The monoisotopic (exact) mass is 439 g/mol. The lowest BCUT2D eigenvalue weighted by Gasteiger charge is -2.19. The van der Waals surface area contributed by atoms with Crippen molar-refractivity contribution >= 4 is 39.9 Å². The standard InChI is InChI=1S/C19H26BrN3O4/c1-19(2,3)27-18(26)23-13-17(25)22-12-6-11-21-16(24)10-9-14-7-4-5-8-15(14)20/h4-5,7-10H,6,11-13H2,1-3H3,(H,21,24)(H,22,25)(H,23,26)/b10-9+. The van der Waals surface area contributed by atoms with Gasteiger partial charge >= 0.3 is 6.09 Å². The molecule has 148 valence electrons. The number of hydrogen-bond acceptors (Lipinski definition) is 4. The third-order valence-electron chi connectivity index (χ3n) is 3.09. The van der Waals surface area contributed by atoms with Crippen LogP contribution in [-0.4, -0.2) is 43.1 Å². The zero-order valence-electron chi connectivity index (χ0n) is 15.8. The van der Waals surface area contributed by atoms with E-state index in [1.54, 1.807) is 26.8 Å². The summed E-state index contributed by atoms with van der Waals surface area (Å²) in [6.07, 6.45) is 3.13. The molecule has 0 bridgehead atoms. The Bertz CT molecular complexity index is 684. The van der Waals surface area contributed by atoms with Gasteiger partial charge in [-0.25, -0.2) is 4.79 Å². The van der Waals surface area contributed by atoms with Gasteiger partial charge in [-0.15, -0.1) is 0 Å². The number of carbonyl (C=O) groups is 3. The number of nitrogens with one attached hydrogen (secondary N) is 3. The number of rotatable bonds is 8. The summed E-state index contributed by atoms with van der Waals surface area (Å²) in [6, 6.07) is 7.59. The third-order valence-corrected chi connectivity index (χ3v) is 3.81. The Morgan fingerprint density at radius 1 is 1.07 bits per heavy atom. The lowest BCUT2D eigenvalue weighted by molar-refractivity contribution is -0.120. The van der Waals surface area contributed by atoms with Gasteiger partial charge in [-0.2, -0.15) is 0 Å². The van der Waals surface area contributed by atoms with Gasteiger partial charge in [0.1, 0.15) is 5.60 Å². The number of alkyl carbamates (subject to hydrolysis) is 1. The first-order valence-electron chi connectivity index (χ1n) is 8.61. The number of benzene rings is 1. The zero-order valence-corrected chi connectivity index (χ0v) is 17.4. The number of carbonyl (C=O) groups excluding carboxylic acids is 3. The summed E-state index contributed by atoms with van der Waals surface area (Å²) in [5, 5.41) is 7.77. The van der Waals surface area contributed by atoms with Crippen molar-refractivity contribution in [1.29, 1.82) is 0 Å². The van der Waals surface area contributed by atoms with Crippen LogP contribution in [0.4, 0.5) is 4.79 Å². The SMILES string of the molecule is CC(C)(C)OC(=O)NCC(=O)NCCCNC(=O)/C=C/c1ccccc1Br. The molecule has 1 rings (SSSR count). The fourth-order valence-corrected chi connectivity index (χ4v) is 2.31. The van der Waals surface area contributed by atoms with Gasteiger partial charge in [0.15, 0.2) is 0 Å². The first kappa shape index (κ1) is 22.7. The van der Waals surface area contributed by atoms with E-state index in [4.69, 9.17) is 4.74 Å². The van der Waals surface area contributed by atoms with Crippen molar-refractivity contribution in [2.24, 2.45) is 0 Å². The highest BCUT2D eigenvalue weighted by Gasteiger charge is 2.16. The molecule has 0 aliphatic carbocycles. The first-order valence-corrected chi connectivity index (χ1v) is 9.40. The highest BCUT2D eigenvalue weighted by atomic mass is 79.9. The second kappa shape index (κ2) is 11.4. The van der Waals surface area contributed by atoms with Crippen LogP contribution in [0.3, 0.4) is 0 Å². The molecule has 0 heterocycles. The molecule has 3 amide bonds. The predicted octanol–water partition coefficient (Wildman–Crippen LogP) is 2.61. The second-order valence-electron chi connectivity index (χ2n) is 6.70. The maximum absolute atomic E-state index is 11.8. The molecule has 0 unspecified atom stereocenters. The zero-order chi connectivity index (χ0) is 20.3. The van der Waals surface area contributed by atoms with Crippen molar-refractivity contribution in [3.8, 4) is 0 Å². The van der Waals surface area contributed by atoms with E-state index in [-0.39, 0.29) is 18.4 Å². The molecule has 1 aromatic rings. The van der Waals surface area contributed by atoms with Crippen molar-refractivity contribution in [3.05, 3.63) is 40.4 Å². The molecule has 27 heavy (non-hydrogen) atoms. The Kier molecular flexibility index (Phi) is 9.56. The van der Waals surface area contributed by atoms with Gasteiger partial charge in [0, 0.05) is 23.6 Å². The minimum Gasteiger partial charge on any atom is -0.444 e. The smallest absolute Gasteiger partial charge is 0.408 e. The average Bonchev–Trinajstić information content (AvgIpc) is 2.57. The van der Waals surface area contributed by atoms with Crippen LogP contribution in [0.15, 0.2) is 34.8 Å². The minimum absolute atomic E-state index is 0.157. The van der Waals surface area contributed by atoms with E-state index in [1.807, 2.05) is 24.3 Å². The minimum atomic E-state index is -0.637. The molecule has 1 aromatic carbocycles. The summed E-state index contributed by atoms with van der Waals surface area (Å²) in [5.41, 5.74) is 0.307. The lowest BCUT2D eigenvalue weighted by Crippen LogP contribution is -2.40. The largest absolute Gasteiger partial charge is 0.444 e. The summed E-state index contributed by atoms with van der Waals surface area (Å²) < 4.78 is 5.95. The molecule has 3 N–H and O–H groups in total. The molecule has 0 saturated heterocycles. The molecule has 0 spiro atoms. The predicted molar refractivity (Wildman–Crippen MR) is 108 cm³/mol. The van der Waals surface area contributed by atoms with Crippen LogP contribution in [0.5, 0.6) is 0 Å². The van der Waals surface area contributed by atoms with Crippen molar-refractivity contribution in [2.75, 3.05) is 19.6 Å². The maximum Gasteiger partial charge on any atom is 0.408 e. The summed E-state index contributed by atoms with van der Waals surface area (Å²) >= 11 is 3.41. The number of ether oxygens (including phenoxy) is 1. The van der Waals surface area contributed by atoms with Crippen molar-refractivity contribution in [3.63, 3.8) is 0 Å². The summed E-state index contributed by atoms with van der Waals surface area (Å²) in [5.74, 6) is -0.523. The van der Waals surface area contributed by atoms with Crippen LogP contribution in [0.1, 0.15) is 32.8 Å². The van der Waals surface area contributed by atoms with Gasteiger partial charge in [-0.05, 0) is 44.9 Å². The molecule has 0 aliphatic heterocycles. The van der Waals surface area contributed by atoms with Crippen LogP contribution in [0.2, 0.25) is 0 Å². The normalized spacial score (nSPS) is 11.1. The summed E-state index contributed by atoms with van der Waals surface area (Å²) in [7, 11) is 0. The van der Waals surface area contributed by atoms with Crippen molar-refractivity contribution in [2.45, 2.75) is 32.8 Å². The van der Waals surface area contributed by atoms with E-state index in [9.17, 15) is 14.4 Å². The van der Waals surface area contributed by atoms with E-state index >= 15 is 0 Å². The lowest BCUT2D eigenvalue weighted by atomic mass is 10.2. The third kappa shape index (κ3) is 11.1. The Morgan fingerprint density at radius 2 is 1.74 bits per heavy atom. The average molecular weight is 440 g/mol. The van der Waals surface area contributed by atoms with Crippen LogP contribution in [-0.2, 0) is 14.3 Å². The molecule has 0 saturated carbocycles. The Balaban J connectivity index is 2.14. The number of hydrogen-bond donors (Lipinski definition) is 3. The topological polar surface area (TPSA) is 96.5 Å². The van der Waals surface area contributed by atoms with Crippen LogP contribution in [0.25, 0.3) is 6.08 Å². The van der Waals surface area contributed by atoms with E-state index < -0.39 is 11.7 Å². The molecular weight excluding hydrogens is 414 g/mol. The summed E-state index contributed by atoms with van der Waals surface area (Å²) in [6.45, 7) is 5.90. The van der Waals surface area contributed by atoms with Gasteiger partial charge in [0.2, 0.25) is 11.8 Å². The first-order chi connectivity index (χ1) is 12.7. The Labute approximate surface area is 168 Å². The van der Waals surface area contributed by atoms with E-state index in [2.05, 4.69) is 31.9 Å². The van der Waals surface area contributed by atoms with Gasteiger partial charge in [-0.3, -0.25) is 9.59 Å². The van der Waals surface area contributed by atoms with Crippen LogP contribution < -0.4 is 16.0 Å². The Hall–Kier alpha value is -2.35. The fraction of sp³-hybridized carbons (Fsp3) is 0.421. The van der Waals surface area contributed by atoms with Gasteiger partial charge in [-0.1, -0.05) is 34.1 Å². The second-order valence-corrected chi connectivity index (χ2v) is 7.56. The van der Waals surface area contributed by atoms with E-state index in [0.717, 1.165) is 10.0 Å². The van der Waals surface area contributed by atoms with Gasteiger partial charge in [0.05, 0.1) is 6.54 Å². The van der Waals surface area contributed by atoms with E-state index in [1.165, 1.54) is 6.08 Å². The molecule has 7 nitrogen and oxygen atoms in total. The van der Waals surface area contributed by atoms with Gasteiger partial charge < -0.3 is 20.7 Å². The fourth-order valence-electron chi connectivity index (χ4n) is 1.89. The summed E-state index contributed by atoms with van der Waals surface area (Å²) in [4.78, 5) is 34.8. The maximum atomic E-state index is 11.8. The number of halogens is 1. The van der Waals surface area contributed by atoms with Crippen molar-refractivity contribution < 1.29 is 19.1 Å². The molecular formula is C19H26BrN3O4. The van der Waals surface area contributed by atoms with E-state index in [0.29, 0.717) is 19.5 Å². The molecule has 0 radical (unpaired) electrons. The highest BCUT2D eigenvalue weighted by Crippen LogP contribution is 2.16. The number of amides is 3. The van der Waals surface area contributed by atoms with Crippen LogP contribution >= 0.6 is 15.9 Å². The quantitative estimate of drug-likeness (QED) is 0.428. The molecule has 0 fully saturated rings. The van der Waals surface area contributed by atoms with Crippen LogP contribution in [0, 0.1) is 0 Å².